The topological polar surface area (TPSA) is 85.7 Å². The number of aromatic nitrogens is 2. The van der Waals surface area contributed by atoms with E-state index in [1.54, 1.807) is 41.8 Å². The van der Waals surface area contributed by atoms with Crippen LogP contribution in [0.4, 0.5) is 10.1 Å². The number of nitrogens with one attached hydrogen (secondary N) is 1. The first-order chi connectivity index (χ1) is 15.0. The molecule has 2 aromatic carbocycles. The predicted octanol–water partition coefficient (Wildman–Crippen LogP) is 2.88. The van der Waals surface area contributed by atoms with Crippen molar-refractivity contribution in [1.29, 1.82) is 0 Å². The number of likely N-dealkylation sites (N-methyl/N-ethyl adjacent to an activating group) is 1. The molecule has 160 valence electrons. The third kappa shape index (κ3) is 4.50. The number of benzene rings is 2. The SMILES string of the molecule is CCN(CC(=O)Nc1ccc2c(c1)OCCO2)C(=O)c1cncn1-c1ccc(F)cc1. The Balaban J connectivity index is 1.46. The highest BCUT2D eigenvalue weighted by molar-refractivity contribution is 5.98. The predicted molar refractivity (Wildman–Crippen MR) is 111 cm³/mol. The second-order valence-corrected chi connectivity index (χ2v) is 6.85. The maximum Gasteiger partial charge on any atom is 0.272 e. The Labute approximate surface area is 178 Å². The van der Waals surface area contributed by atoms with Gasteiger partial charge in [-0.3, -0.25) is 14.2 Å². The molecule has 1 aliphatic heterocycles. The number of amides is 2. The standard InChI is InChI=1S/C22H21FN4O4/c1-2-26(13-21(28)25-16-5-8-19-20(11-16)31-10-9-30-19)22(29)18-12-24-14-27(18)17-6-3-15(23)4-7-17/h3-8,11-12,14H,2,9-10,13H2,1H3,(H,25,28). The Kier molecular flexibility index (Phi) is 5.83. The van der Waals surface area contributed by atoms with Crippen molar-refractivity contribution in [3.63, 3.8) is 0 Å². The minimum absolute atomic E-state index is 0.141. The summed E-state index contributed by atoms with van der Waals surface area (Å²) in [6, 6.07) is 10.9. The van der Waals surface area contributed by atoms with E-state index in [2.05, 4.69) is 10.3 Å². The van der Waals surface area contributed by atoms with Crippen LogP contribution in [0, 0.1) is 5.82 Å². The molecular weight excluding hydrogens is 403 g/mol. The lowest BCUT2D eigenvalue weighted by Gasteiger charge is -2.22. The number of rotatable bonds is 6. The zero-order valence-electron chi connectivity index (χ0n) is 16.9. The monoisotopic (exact) mass is 424 g/mol. The van der Waals surface area contributed by atoms with E-state index in [-0.39, 0.29) is 29.9 Å². The van der Waals surface area contributed by atoms with Gasteiger partial charge in [0.25, 0.3) is 5.91 Å². The van der Waals surface area contributed by atoms with Crippen LogP contribution in [0.1, 0.15) is 17.4 Å². The summed E-state index contributed by atoms with van der Waals surface area (Å²) in [4.78, 5) is 31.1. The van der Waals surface area contributed by atoms with Crippen LogP contribution < -0.4 is 14.8 Å². The Hall–Kier alpha value is -3.88. The van der Waals surface area contributed by atoms with Gasteiger partial charge in [-0.2, -0.15) is 0 Å². The number of anilines is 1. The molecule has 1 N–H and O–H groups in total. The molecule has 9 heteroatoms. The van der Waals surface area contributed by atoms with Crippen molar-refractivity contribution in [3.05, 3.63) is 66.5 Å². The number of hydrogen-bond acceptors (Lipinski definition) is 5. The molecule has 8 nitrogen and oxygen atoms in total. The summed E-state index contributed by atoms with van der Waals surface area (Å²) >= 11 is 0. The second-order valence-electron chi connectivity index (χ2n) is 6.85. The Bertz CT molecular complexity index is 1100. The largest absolute Gasteiger partial charge is 0.486 e. The number of ether oxygens (including phenoxy) is 2. The van der Waals surface area contributed by atoms with Gasteiger partial charge in [-0.05, 0) is 43.3 Å². The molecule has 0 radical (unpaired) electrons. The van der Waals surface area contributed by atoms with Crippen molar-refractivity contribution >= 4 is 17.5 Å². The average Bonchev–Trinajstić information content (AvgIpc) is 3.27. The van der Waals surface area contributed by atoms with Crippen LogP contribution in [0.25, 0.3) is 5.69 Å². The molecule has 0 unspecified atom stereocenters. The zero-order chi connectivity index (χ0) is 21.8. The lowest BCUT2D eigenvalue weighted by Crippen LogP contribution is -2.38. The summed E-state index contributed by atoms with van der Waals surface area (Å²) in [6.07, 6.45) is 2.90. The molecule has 1 aromatic heterocycles. The molecule has 0 saturated heterocycles. The Morgan fingerprint density at radius 3 is 2.61 bits per heavy atom. The smallest absolute Gasteiger partial charge is 0.272 e. The molecule has 2 heterocycles. The zero-order valence-corrected chi connectivity index (χ0v) is 16.9. The number of halogens is 1. The molecule has 31 heavy (non-hydrogen) atoms. The average molecular weight is 424 g/mol. The second kappa shape index (κ2) is 8.86. The maximum absolute atomic E-state index is 13.2. The van der Waals surface area contributed by atoms with Crippen LogP contribution in [0.2, 0.25) is 0 Å². The van der Waals surface area contributed by atoms with Crippen molar-refractivity contribution < 1.29 is 23.5 Å². The van der Waals surface area contributed by atoms with Crippen LogP contribution in [-0.4, -0.2) is 52.6 Å². The highest BCUT2D eigenvalue weighted by Crippen LogP contribution is 2.32. The van der Waals surface area contributed by atoms with Gasteiger partial charge in [0.05, 0.1) is 12.5 Å². The van der Waals surface area contributed by atoms with Gasteiger partial charge in [0.15, 0.2) is 11.5 Å². The number of carbonyl (C=O) groups excluding carboxylic acids is 2. The summed E-state index contributed by atoms with van der Waals surface area (Å²) in [5.74, 6) is 0.114. The lowest BCUT2D eigenvalue weighted by molar-refractivity contribution is -0.116. The first-order valence-electron chi connectivity index (χ1n) is 9.82. The fourth-order valence-electron chi connectivity index (χ4n) is 3.24. The molecule has 0 spiro atoms. The number of fused-ring (bicyclic) bond motifs is 1. The quantitative estimate of drug-likeness (QED) is 0.658. The summed E-state index contributed by atoms with van der Waals surface area (Å²) in [6.45, 7) is 2.90. The maximum atomic E-state index is 13.2. The first-order valence-corrected chi connectivity index (χ1v) is 9.82. The third-order valence-electron chi connectivity index (χ3n) is 4.79. The first kappa shape index (κ1) is 20.4. The fourth-order valence-corrected chi connectivity index (χ4v) is 3.24. The highest BCUT2D eigenvalue weighted by atomic mass is 19.1. The highest BCUT2D eigenvalue weighted by Gasteiger charge is 2.22. The lowest BCUT2D eigenvalue weighted by atomic mass is 10.2. The van der Waals surface area contributed by atoms with Gasteiger partial charge in [0, 0.05) is 24.0 Å². The molecule has 3 aromatic rings. The fraction of sp³-hybridized carbons (Fsp3) is 0.227. The van der Waals surface area contributed by atoms with E-state index in [0.29, 0.717) is 42.6 Å². The van der Waals surface area contributed by atoms with Crippen molar-refractivity contribution in [2.24, 2.45) is 0 Å². The minimum Gasteiger partial charge on any atom is -0.486 e. The minimum atomic E-state index is -0.372. The van der Waals surface area contributed by atoms with Crippen molar-refractivity contribution in [2.75, 3.05) is 31.6 Å². The van der Waals surface area contributed by atoms with Crippen LogP contribution >= 0.6 is 0 Å². The number of hydrogen-bond donors (Lipinski definition) is 1. The van der Waals surface area contributed by atoms with E-state index in [9.17, 15) is 14.0 Å². The summed E-state index contributed by atoms with van der Waals surface area (Å²) in [5, 5.41) is 2.78. The van der Waals surface area contributed by atoms with Gasteiger partial charge in [0.1, 0.15) is 31.3 Å². The molecule has 1 aliphatic rings. The normalized spacial score (nSPS) is 12.3. The van der Waals surface area contributed by atoms with Crippen molar-refractivity contribution in [3.8, 4) is 17.2 Å². The summed E-state index contributed by atoms with van der Waals surface area (Å²) < 4.78 is 25.8. The van der Waals surface area contributed by atoms with Gasteiger partial charge in [0.2, 0.25) is 5.91 Å². The molecule has 0 atom stereocenters. The molecule has 0 fully saturated rings. The van der Waals surface area contributed by atoms with Gasteiger partial charge < -0.3 is 19.7 Å². The van der Waals surface area contributed by atoms with Gasteiger partial charge >= 0.3 is 0 Å². The van der Waals surface area contributed by atoms with Gasteiger partial charge in [-0.25, -0.2) is 9.37 Å². The number of carbonyl (C=O) groups is 2. The number of imidazole rings is 1. The Morgan fingerprint density at radius 2 is 1.87 bits per heavy atom. The molecule has 2 amide bonds. The van der Waals surface area contributed by atoms with Crippen LogP contribution in [0.5, 0.6) is 11.5 Å². The van der Waals surface area contributed by atoms with Crippen LogP contribution in [-0.2, 0) is 4.79 Å². The summed E-state index contributed by atoms with van der Waals surface area (Å²) in [5.41, 5.74) is 1.42. The van der Waals surface area contributed by atoms with Gasteiger partial charge in [-0.1, -0.05) is 0 Å². The van der Waals surface area contributed by atoms with E-state index >= 15 is 0 Å². The molecule has 0 saturated carbocycles. The van der Waals surface area contributed by atoms with E-state index < -0.39 is 0 Å². The summed E-state index contributed by atoms with van der Waals surface area (Å²) in [7, 11) is 0. The third-order valence-corrected chi connectivity index (χ3v) is 4.79. The Morgan fingerprint density at radius 1 is 1.13 bits per heavy atom. The van der Waals surface area contributed by atoms with Crippen molar-refractivity contribution in [1.82, 2.24) is 14.5 Å². The molecule has 0 aliphatic carbocycles. The van der Waals surface area contributed by atoms with Gasteiger partial charge in [-0.15, -0.1) is 0 Å². The van der Waals surface area contributed by atoms with E-state index in [1.807, 2.05) is 0 Å². The molecule has 0 bridgehead atoms. The number of nitrogens with zero attached hydrogens (tertiary/aromatic N) is 3. The van der Waals surface area contributed by atoms with Crippen molar-refractivity contribution in [2.45, 2.75) is 6.92 Å². The van der Waals surface area contributed by atoms with E-state index in [4.69, 9.17) is 9.47 Å². The van der Waals surface area contributed by atoms with Crippen LogP contribution in [0.3, 0.4) is 0 Å². The van der Waals surface area contributed by atoms with E-state index in [0.717, 1.165) is 0 Å². The molecule has 4 rings (SSSR count). The van der Waals surface area contributed by atoms with E-state index in [1.165, 1.54) is 29.6 Å². The van der Waals surface area contributed by atoms with Crippen LogP contribution in [0.15, 0.2) is 55.0 Å². The molecular formula is C22H21FN4O4.